The van der Waals surface area contributed by atoms with E-state index in [-0.39, 0.29) is 5.56 Å². The average Bonchev–Trinajstić information content (AvgIpc) is 3.31. The highest BCUT2D eigenvalue weighted by Gasteiger charge is 2.23. The third kappa shape index (κ3) is 3.99. The average molecular weight is 455 g/mol. The molecule has 31 heavy (non-hydrogen) atoms. The van der Waals surface area contributed by atoms with Gasteiger partial charge in [0.1, 0.15) is 16.6 Å². The Labute approximate surface area is 187 Å². The molecule has 0 aliphatic heterocycles. The van der Waals surface area contributed by atoms with Gasteiger partial charge in [-0.2, -0.15) is 5.10 Å². The highest BCUT2D eigenvalue weighted by Crippen LogP contribution is 2.39. The minimum Gasteiger partial charge on any atom is -0.497 e. The zero-order chi connectivity index (χ0) is 22.1. The molecular formula is C22H19ClN4O3S. The van der Waals surface area contributed by atoms with Gasteiger partial charge in [0.15, 0.2) is 0 Å². The number of carboxylic acids is 1. The van der Waals surface area contributed by atoms with Crippen molar-refractivity contribution >= 4 is 40.4 Å². The maximum absolute atomic E-state index is 11.9. The number of hydrogen-bond acceptors (Lipinski definition) is 6. The van der Waals surface area contributed by atoms with Crippen molar-refractivity contribution in [3.05, 3.63) is 69.8 Å². The van der Waals surface area contributed by atoms with Gasteiger partial charge in [0.05, 0.1) is 40.3 Å². The molecule has 0 radical (unpaired) electrons. The summed E-state index contributed by atoms with van der Waals surface area (Å²) in [6, 6.07) is 12.2. The van der Waals surface area contributed by atoms with Crippen LogP contribution in [0.25, 0.3) is 16.3 Å². The van der Waals surface area contributed by atoms with Crippen LogP contribution in [0.5, 0.6) is 5.75 Å². The Kier molecular flexibility index (Phi) is 5.67. The number of hydrogen-bond donors (Lipinski definition) is 2. The third-order valence-electron chi connectivity index (χ3n) is 4.68. The summed E-state index contributed by atoms with van der Waals surface area (Å²) in [5, 5.41) is 21.0. The summed E-state index contributed by atoms with van der Waals surface area (Å²) in [5.41, 5.74) is 3.56. The largest absolute Gasteiger partial charge is 0.497 e. The Morgan fingerprint density at radius 1 is 1.23 bits per heavy atom. The number of rotatable bonds is 6. The quantitative estimate of drug-likeness (QED) is 0.387. The fraction of sp³-hybridized carbons (Fsp3) is 0.136. The van der Waals surface area contributed by atoms with E-state index in [2.05, 4.69) is 10.3 Å². The van der Waals surface area contributed by atoms with Crippen LogP contribution in [0.15, 0.2) is 47.8 Å². The van der Waals surface area contributed by atoms with Crippen LogP contribution in [-0.2, 0) is 0 Å². The second-order valence-electron chi connectivity index (χ2n) is 6.81. The number of aromatic nitrogens is 3. The SMILES string of the molecule is COc1ccc(Nc2c(-c3nc(C)cs3)c(C)nn2-c2ccccc2Cl)c(C(=O)O)c1. The zero-order valence-corrected chi connectivity index (χ0v) is 18.6. The number of carboxylic acid groups (broad SMARTS) is 1. The van der Waals surface area contributed by atoms with E-state index >= 15 is 0 Å². The van der Waals surface area contributed by atoms with Crippen molar-refractivity contribution < 1.29 is 14.6 Å². The monoisotopic (exact) mass is 454 g/mol. The predicted octanol–water partition coefficient (Wildman–Crippen LogP) is 5.72. The van der Waals surface area contributed by atoms with Gasteiger partial charge in [-0.3, -0.25) is 0 Å². The number of anilines is 2. The van der Waals surface area contributed by atoms with Crippen LogP contribution in [-0.4, -0.2) is 33.0 Å². The van der Waals surface area contributed by atoms with Crippen molar-refractivity contribution in [1.82, 2.24) is 14.8 Å². The van der Waals surface area contributed by atoms with E-state index in [4.69, 9.17) is 21.4 Å². The maximum atomic E-state index is 11.9. The van der Waals surface area contributed by atoms with Crippen LogP contribution >= 0.6 is 22.9 Å². The number of para-hydroxylation sites is 1. The van der Waals surface area contributed by atoms with Crippen molar-refractivity contribution in [1.29, 1.82) is 0 Å². The second-order valence-corrected chi connectivity index (χ2v) is 8.07. The van der Waals surface area contributed by atoms with E-state index in [0.29, 0.717) is 28.0 Å². The lowest BCUT2D eigenvalue weighted by atomic mass is 10.1. The van der Waals surface area contributed by atoms with Crippen molar-refractivity contribution in [3.63, 3.8) is 0 Å². The maximum Gasteiger partial charge on any atom is 0.337 e. The van der Waals surface area contributed by atoms with E-state index in [1.54, 1.807) is 22.9 Å². The number of benzene rings is 2. The first kappa shape index (κ1) is 20.9. The summed E-state index contributed by atoms with van der Waals surface area (Å²) in [6.07, 6.45) is 0. The number of aryl methyl sites for hydroxylation is 2. The summed E-state index contributed by atoms with van der Waals surface area (Å²) in [7, 11) is 1.49. The topological polar surface area (TPSA) is 89.3 Å². The molecule has 158 valence electrons. The number of methoxy groups -OCH3 is 1. The van der Waals surface area contributed by atoms with E-state index in [0.717, 1.165) is 22.0 Å². The molecule has 0 aliphatic rings. The van der Waals surface area contributed by atoms with Gasteiger partial charge in [0.25, 0.3) is 0 Å². The molecule has 2 aromatic carbocycles. The first-order valence-corrected chi connectivity index (χ1v) is 10.6. The predicted molar refractivity (Wildman–Crippen MR) is 122 cm³/mol. The lowest BCUT2D eigenvalue weighted by molar-refractivity contribution is 0.0697. The van der Waals surface area contributed by atoms with Gasteiger partial charge in [-0.05, 0) is 44.2 Å². The van der Waals surface area contributed by atoms with E-state index < -0.39 is 5.97 Å². The number of thiazole rings is 1. The summed E-state index contributed by atoms with van der Waals surface area (Å²) in [4.78, 5) is 16.5. The molecule has 2 N–H and O–H groups in total. The fourth-order valence-electron chi connectivity index (χ4n) is 3.23. The number of aromatic carboxylic acids is 1. The van der Waals surface area contributed by atoms with Gasteiger partial charge in [0.2, 0.25) is 0 Å². The normalized spacial score (nSPS) is 10.8. The molecule has 2 heterocycles. The third-order valence-corrected chi connectivity index (χ3v) is 5.98. The lowest BCUT2D eigenvalue weighted by Gasteiger charge is -2.15. The molecule has 0 fully saturated rings. The Balaban J connectivity index is 1.94. The fourth-order valence-corrected chi connectivity index (χ4v) is 4.34. The van der Waals surface area contributed by atoms with Crippen LogP contribution < -0.4 is 10.1 Å². The minimum atomic E-state index is -1.08. The highest BCUT2D eigenvalue weighted by atomic mass is 35.5. The number of carbonyl (C=O) groups is 1. The summed E-state index contributed by atoms with van der Waals surface area (Å²) >= 11 is 7.95. The highest BCUT2D eigenvalue weighted by molar-refractivity contribution is 7.13. The van der Waals surface area contributed by atoms with Gasteiger partial charge in [0, 0.05) is 11.1 Å². The van der Waals surface area contributed by atoms with Gasteiger partial charge in [-0.15, -0.1) is 11.3 Å². The lowest BCUT2D eigenvalue weighted by Crippen LogP contribution is -2.08. The Morgan fingerprint density at radius 3 is 2.65 bits per heavy atom. The Bertz CT molecular complexity index is 1280. The molecule has 0 spiro atoms. The van der Waals surface area contributed by atoms with Crippen LogP contribution in [0.3, 0.4) is 0 Å². The van der Waals surface area contributed by atoms with Crippen molar-refractivity contribution in [3.8, 4) is 22.0 Å². The van der Waals surface area contributed by atoms with E-state index in [9.17, 15) is 9.90 Å². The standard InChI is InChI=1S/C22H19ClN4O3S/c1-12-11-31-21(24-12)19-13(2)26-27(18-7-5-4-6-16(18)23)20(19)25-17-9-8-14(30-3)10-15(17)22(28)29/h4-11,25H,1-3H3,(H,28,29). The first-order valence-electron chi connectivity index (χ1n) is 9.34. The molecule has 4 aromatic rings. The summed E-state index contributed by atoms with van der Waals surface area (Å²) in [6.45, 7) is 3.81. The summed E-state index contributed by atoms with van der Waals surface area (Å²) in [5.74, 6) is -0.0456. The number of nitrogens with zero attached hydrogens (tertiary/aromatic N) is 3. The van der Waals surface area contributed by atoms with Gasteiger partial charge in [-0.1, -0.05) is 23.7 Å². The molecule has 7 nitrogen and oxygen atoms in total. The van der Waals surface area contributed by atoms with Gasteiger partial charge in [-0.25, -0.2) is 14.5 Å². The molecule has 4 rings (SSSR count). The van der Waals surface area contributed by atoms with Crippen molar-refractivity contribution in [2.75, 3.05) is 12.4 Å². The van der Waals surface area contributed by atoms with Gasteiger partial charge < -0.3 is 15.2 Å². The van der Waals surface area contributed by atoms with Crippen molar-refractivity contribution in [2.24, 2.45) is 0 Å². The Morgan fingerprint density at radius 2 is 2.00 bits per heavy atom. The molecular weight excluding hydrogens is 436 g/mol. The molecule has 0 atom stereocenters. The molecule has 9 heteroatoms. The van der Waals surface area contributed by atoms with E-state index in [1.165, 1.54) is 24.5 Å². The van der Waals surface area contributed by atoms with Crippen molar-refractivity contribution in [2.45, 2.75) is 13.8 Å². The van der Waals surface area contributed by atoms with Crippen LogP contribution in [0.2, 0.25) is 5.02 Å². The molecule has 0 unspecified atom stereocenters. The zero-order valence-electron chi connectivity index (χ0n) is 17.0. The van der Waals surface area contributed by atoms with E-state index in [1.807, 2.05) is 37.4 Å². The number of halogens is 1. The molecule has 2 aromatic heterocycles. The van der Waals surface area contributed by atoms with Gasteiger partial charge >= 0.3 is 5.97 Å². The number of nitrogens with one attached hydrogen (secondary N) is 1. The van der Waals surface area contributed by atoms with Crippen LogP contribution in [0, 0.1) is 13.8 Å². The summed E-state index contributed by atoms with van der Waals surface area (Å²) < 4.78 is 6.86. The van der Waals surface area contributed by atoms with Crippen LogP contribution in [0.1, 0.15) is 21.7 Å². The molecule has 0 amide bonds. The van der Waals surface area contributed by atoms with Crippen LogP contribution in [0.4, 0.5) is 11.5 Å². The first-order chi connectivity index (χ1) is 14.9. The molecule has 0 bridgehead atoms. The molecule has 0 aliphatic carbocycles. The molecule has 0 saturated carbocycles. The smallest absolute Gasteiger partial charge is 0.337 e. The minimum absolute atomic E-state index is 0.0742. The number of ether oxygens (including phenoxy) is 1. The molecule has 0 saturated heterocycles. The second kappa shape index (κ2) is 8.41. The Hall–Kier alpha value is -3.36.